The monoisotopic (exact) mass is 618 g/mol. The van der Waals surface area contributed by atoms with Crippen molar-refractivity contribution in [1.82, 2.24) is 9.80 Å². The third kappa shape index (κ3) is 23.4. The molecule has 0 heterocycles. The molecule has 4 unspecified atom stereocenters. The van der Waals surface area contributed by atoms with Crippen molar-refractivity contribution in [2.24, 2.45) is 0 Å². The predicted molar refractivity (Wildman–Crippen MR) is 171 cm³/mol. The lowest BCUT2D eigenvalue weighted by molar-refractivity contribution is 0.0542. The molecule has 1 rings (SSSR count). The normalized spacial score (nSPS) is 14.9. The summed E-state index contributed by atoms with van der Waals surface area (Å²) in [6.45, 7) is 12.5. The van der Waals surface area contributed by atoms with Crippen LogP contribution in [0.5, 0.6) is 0 Å². The predicted octanol–water partition coefficient (Wildman–Crippen LogP) is 4.51. The Morgan fingerprint density at radius 3 is 1.33 bits per heavy atom. The SMILES string of the molecule is CC(O)CN(CCN(CC(C)O)CC(C)O)CC(C)O.CCCCCCCCCCCCc1ccccc1S(=O)(=O)O. The molecule has 0 aromatic heterocycles. The average Bonchev–Trinajstić information content (AvgIpc) is 2.87. The largest absolute Gasteiger partial charge is 0.392 e. The second-order valence-electron chi connectivity index (χ2n) is 11.9. The first kappa shape index (κ1) is 40.9. The Bertz CT molecular complexity index is 835. The van der Waals surface area contributed by atoms with Gasteiger partial charge in [-0.2, -0.15) is 8.42 Å². The molecule has 9 nitrogen and oxygen atoms in total. The van der Waals surface area contributed by atoms with E-state index in [1.807, 2.05) is 15.9 Å². The zero-order valence-electron chi connectivity index (χ0n) is 27.0. The van der Waals surface area contributed by atoms with Gasteiger partial charge in [0, 0.05) is 39.3 Å². The molecule has 0 bridgehead atoms. The number of benzene rings is 1. The summed E-state index contributed by atoms with van der Waals surface area (Å²) < 4.78 is 31.8. The van der Waals surface area contributed by atoms with E-state index in [4.69, 9.17) is 0 Å². The number of hydrogen-bond donors (Lipinski definition) is 5. The number of aliphatic hydroxyl groups is 4. The van der Waals surface area contributed by atoms with Gasteiger partial charge < -0.3 is 20.4 Å². The van der Waals surface area contributed by atoms with Crippen LogP contribution in [0, 0.1) is 0 Å². The first-order valence-corrected chi connectivity index (χ1v) is 17.4. The molecule has 0 saturated heterocycles. The lowest BCUT2D eigenvalue weighted by atomic mass is 10.0. The van der Waals surface area contributed by atoms with E-state index in [1.165, 1.54) is 57.4 Å². The average molecular weight is 619 g/mol. The van der Waals surface area contributed by atoms with Crippen molar-refractivity contribution >= 4 is 10.1 Å². The van der Waals surface area contributed by atoms with Crippen molar-refractivity contribution in [3.63, 3.8) is 0 Å². The van der Waals surface area contributed by atoms with Gasteiger partial charge in [-0.3, -0.25) is 14.4 Å². The van der Waals surface area contributed by atoms with Crippen LogP contribution in [0.2, 0.25) is 0 Å². The summed E-state index contributed by atoms with van der Waals surface area (Å²) in [4.78, 5) is 4.05. The fourth-order valence-corrected chi connectivity index (χ4v) is 5.81. The first-order valence-electron chi connectivity index (χ1n) is 16.0. The minimum Gasteiger partial charge on any atom is -0.392 e. The fraction of sp³-hybridized carbons (Fsp3) is 0.812. The number of aliphatic hydroxyl groups excluding tert-OH is 4. The third-order valence-electron chi connectivity index (χ3n) is 6.87. The first-order chi connectivity index (χ1) is 19.8. The van der Waals surface area contributed by atoms with Gasteiger partial charge in [0.15, 0.2) is 0 Å². The zero-order valence-corrected chi connectivity index (χ0v) is 27.8. The molecule has 248 valence electrons. The molecule has 1 aromatic carbocycles. The van der Waals surface area contributed by atoms with Crippen LogP contribution in [-0.2, 0) is 16.5 Å². The number of hydrogen-bond acceptors (Lipinski definition) is 8. The van der Waals surface area contributed by atoms with Gasteiger partial charge in [-0.25, -0.2) is 0 Å². The minimum absolute atomic E-state index is 0.0610. The highest BCUT2D eigenvalue weighted by atomic mass is 32.2. The van der Waals surface area contributed by atoms with Crippen LogP contribution in [-0.4, -0.2) is 107 Å². The summed E-state index contributed by atoms with van der Waals surface area (Å²) >= 11 is 0. The van der Waals surface area contributed by atoms with E-state index in [1.54, 1.807) is 39.8 Å². The topological polar surface area (TPSA) is 142 Å². The van der Waals surface area contributed by atoms with Crippen molar-refractivity contribution in [1.29, 1.82) is 0 Å². The smallest absolute Gasteiger partial charge is 0.294 e. The molecule has 0 spiro atoms. The van der Waals surface area contributed by atoms with E-state index in [2.05, 4.69) is 6.92 Å². The summed E-state index contributed by atoms with van der Waals surface area (Å²) in [6.07, 6.45) is 11.5. The van der Waals surface area contributed by atoms with Gasteiger partial charge in [-0.1, -0.05) is 82.9 Å². The molecule has 5 N–H and O–H groups in total. The minimum atomic E-state index is -4.10. The highest BCUT2D eigenvalue weighted by molar-refractivity contribution is 7.85. The molecule has 0 radical (unpaired) electrons. The van der Waals surface area contributed by atoms with E-state index in [-0.39, 0.29) is 4.90 Å². The summed E-state index contributed by atoms with van der Waals surface area (Å²) in [7, 11) is -4.10. The van der Waals surface area contributed by atoms with Crippen LogP contribution in [0.15, 0.2) is 29.2 Å². The molecular weight excluding hydrogens is 556 g/mol. The van der Waals surface area contributed by atoms with Gasteiger partial charge >= 0.3 is 0 Å². The van der Waals surface area contributed by atoms with Crippen molar-refractivity contribution in [2.45, 2.75) is 135 Å². The number of nitrogens with zero attached hydrogens (tertiary/aromatic N) is 2. The maximum absolute atomic E-state index is 11.3. The van der Waals surface area contributed by atoms with Crippen LogP contribution in [0.4, 0.5) is 0 Å². The Labute approximate surface area is 256 Å². The van der Waals surface area contributed by atoms with Gasteiger partial charge in [0.2, 0.25) is 0 Å². The number of unbranched alkanes of at least 4 members (excludes halogenated alkanes) is 9. The van der Waals surface area contributed by atoms with Crippen molar-refractivity contribution in [2.75, 3.05) is 39.3 Å². The van der Waals surface area contributed by atoms with Gasteiger partial charge in [-0.15, -0.1) is 0 Å². The molecule has 4 atom stereocenters. The lowest BCUT2D eigenvalue weighted by Gasteiger charge is -2.30. The molecule has 0 amide bonds. The molecule has 0 aliphatic rings. The van der Waals surface area contributed by atoms with Crippen LogP contribution < -0.4 is 0 Å². The lowest BCUT2D eigenvalue weighted by Crippen LogP contribution is -2.44. The van der Waals surface area contributed by atoms with Gasteiger partial charge in [0.05, 0.1) is 29.3 Å². The quantitative estimate of drug-likeness (QED) is 0.0885. The van der Waals surface area contributed by atoms with E-state index in [0.717, 1.165) is 18.4 Å². The van der Waals surface area contributed by atoms with Crippen LogP contribution in [0.3, 0.4) is 0 Å². The molecular formula is C32H62N2O7S. The fourth-order valence-electron chi connectivity index (χ4n) is 5.06. The van der Waals surface area contributed by atoms with Crippen molar-refractivity contribution in [3.05, 3.63) is 29.8 Å². The Kier molecular flexibility index (Phi) is 23.6. The summed E-state index contributed by atoms with van der Waals surface area (Å²) in [6, 6.07) is 6.73. The van der Waals surface area contributed by atoms with Crippen molar-refractivity contribution in [3.8, 4) is 0 Å². The highest BCUT2D eigenvalue weighted by Crippen LogP contribution is 2.18. The highest BCUT2D eigenvalue weighted by Gasteiger charge is 2.16. The van der Waals surface area contributed by atoms with E-state index >= 15 is 0 Å². The molecule has 1 aromatic rings. The van der Waals surface area contributed by atoms with Crippen LogP contribution in [0.25, 0.3) is 0 Å². The van der Waals surface area contributed by atoms with Gasteiger partial charge in [0.25, 0.3) is 10.1 Å². The molecule has 0 saturated carbocycles. The van der Waals surface area contributed by atoms with Crippen LogP contribution in [0.1, 0.15) is 104 Å². The molecule has 10 heteroatoms. The Hall–Kier alpha value is -1.11. The second kappa shape index (κ2) is 24.2. The van der Waals surface area contributed by atoms with Crippen molar-refractivity contribution < 1.29 is 33.4 Å². The maximum atomic E-state index is 11.3. The van der Waals surface area contributed by atoms with E-state index in [9.17, 15) is 33.4 Å². The summed E-state index contributed by atoms with van der Waals surface area (Å²) in [5.41, 5.74) is 0.726. The molecule has 0 fully saturated rings. The number of rotatable bonds is 23. The second-order valence-corrected chi connectivity index (χ2v) is 13.3. The summed E-state index contributed by atoms with van der Waals surface area (Å²) in [5, 5.41) is 37.9. The van der Waals surface area contributed by atoms with Gasteiger partial charge in [-0.05, 0) is 52.2 Å². The molecule has 42 heavy (non-hydrogen) atoms. The Morgan fingerprint density at radius 2 is 0.976 bits per heavy atom. The van der Waals surface area contributed by atoms with Crippen LogP contribution >= 0.6 is 0 Å². The summed E-state index contributed by atoms with van der Waals surface area (Å²) in [5.74, 6) is 0. The van der Waals surface area contributed by atoms with E-state index < -0.39 is 34.5 Å². The van der Waals surface area contributed by atoms with E-state index in [0.29, 0.717) is 45.7 Å². The third-order valence-corrected chi connectivity index (χ3v) is 7.83. The molecule has 0 aliphatic heterocycles. The van der Waals surface area contributed by atoms with Gasteiger partial charge in [0.1, 0.15) is 0 Å². The number of aryl methyl sites for hydroxylation is 1. The zero-order chi connectivity index (χ0) is 32.0. The molecule has 0 aliphatic carbocycles. The standard InChI is InChI=1S/C18H30O3S.C14H32N2O4/c1-2-3-4-5-6-7-8-9-10-11-14-17-15-12-13-16-18(17)22(19,20)21;1-11(17)7-15(8-12(2)18)5-6-16(9-13(3)19)10-14(4)20/h12-13,15-16H,2-11,14H2,1H3,(H,19,20,21);11-14,17-20H,5-10H2,1-4H3. The Morgan fingerprint density at radius 1 is 0.619 bits per heavy atom. The maximum Gasteiger partial charge on any atom is 0.294 e. The Balaban J connectivity index is 0.000000805.